The molecule has 0 aromatic heterocycles. The van der Waals surface area contributed by atoms with Crippen molar-refractivity contribution in [2.75, 3.05) is 12.3 Å². The van der Waals surface area contributed by atoms with Crippen molar-refractivity contribution in [2.24, 2.45) is 5.73 Å². The number of carboxylic acid groups (broad SMARTS) is 2. The van der Waals surface area contributed by atoms with Crippen LogP contribution < -0.4 is 21.7 Å². The van der Waals surface area contributed by atoms with Gasteiger partial charge in [0.05, 0.1) is 6.10 Å². The number of nitrogens with one attached hydrogen (secondary N) is 3. The lowest BCUT2D eigenvalue weighted by atomic mass is 9.93. The average Bonchev–Trinajstić information content (AvgIpc) is 2.68. The standard InChI is InChI=1S/C17H28N4O8S/c18-11(16(27)28)5-6-13(23)21-12(15(26)19-7-14(24)25)8-30-17(29)20-9-1-3-10(22)4-2-9/h9-12,22H,1-8,18H2,(H,19,26)(H,20,29)(H,21,23)(H,24,25)(H,27,28)/t9?,10?,11-,12-/m0/s1. The summed E-state index contributed by atoms with van der Waals surface area (Å²) in [5.74, 6) is -4.12. The number of carboxylic acids is 2. The van der Waals surface area contributed by atoms with Gasteiger partial charge in [-0.1, -0.05) is 11.8 Å². The van der Waals surface area contributed by atoms with Crippen LogP contribution in [0.1, 0.15) is 38.5 Å². The van der Waals surface area contributed by atoms with E-state index in [9.17, 15) is 29.1 Å². The van der Waals surface area contributed by atoms with Crippen LogP contribution in [0.15, 0.2) is 0 Å². The fraction of sp³-hybridized carbons (Fsp3) is 0.706. The topological polar surface area (TPSA) is 208 Å². The van der Waals surface area contributed by atoms with Gasteiger partial charge in [-0.15, -0.1) is 0 Å². The number of carbonyl (C=O) groups excluding carboxylic acids is 3. The summed E-state index contributed by atoms with van der Waals surface area (Å²) < 4.78 is 0. The molecule has 0 aliphatic heterocycles. The van der Waals surface area contributed by atoms with Gasteiger partial charge in [0.25, 0.3) is 5.24 Å². The summed E-state index contributed by atoms with van der Waals surface area (Å²) in [7, 11) is 0. The molecule has 0 aromatic carbocycles. The number of aliphatic hydroxyl groups is 1. The van der Waals surface area contributed by atoms with Crippen molar-refractivity contribution in [3.63, 3.8) is 0 Å². The number of nitrogens with two attached hydrogens (primary N) is 1. The van der Waals surface area contributed by atoms with E-state index in [-0.39, 0.29) is 30.7 Å². The molecule has 1 aliphatic rings. The van der Waals surface area contributed by atoms with E-state index in [0.29, 0.717) is 25.7 Å². The van der Waals surface area contributed by atoms with Gasteiger partial charge >= 0.3 is 11.9 Å². The zero-order chi connectivity index (χ0) is 22.7. The fourth-order valence-electron chi connectivity index (χ4n) is 2.73. The van der Waals surface area contributed by atoms with Gasteiger partial charge in [0.15, 0.2) is 0 Å². The minimum atomic E-state index is -1.27. The first-order valence-electron chi connectivity index (χ1n) is 9.47. The molecule has 1 saturated carbocycles. The second kappa shape index (κ2) is 13.0. The lowest BCUT2D eigenvalue weighted by molar-refractivity contribution is -0.139. The Labute approximate surface area is 177 Å². The minimum absolute atomic E-state index is 0.0835. The van der Waals surface area contributed by atoms with E-state index in [1.165, 1.54) is 0 Å². The summed E-state index contributed by atoms with van der Waals surface area (Å²) in [6, 6.07) is -2.51. The number of hydrogen-bond acceptors (Lipinski definition) is 8. The van der Waals surface area contributed by atoms with Crippen LogP contribution in [0.3, 0.4) is 0 Å². The molecule has 1 aliphatic carbocycles. The number of amides is 3. The molecule has 0 aromatic rings. The molecule has 3 amide bonds. The van der Waals surface area contributed by atoms with Gasteiger partial charge in [0, 0.05) is 18.2 Å². The molecule has 8 N–H and O–H groups in total. The van der Waals surface area contributed by atoms with Crippen molar-refractivity contribution in [1.82, 2.24) is 16.0 Å². The summed E-state index contributed by atoms with van der Waals surface area (Å²) >= 11 is 0.759. The number of carbonyl (C=O) groups is 5. The Morgan fingerprint density at radius 2 is 1.70 bits per heavy atom. The van der Waals surface area contributed by atoms with Crippen molar-refractivity contribution in [2.45, 2.75) is 62.8 Å². The van der Waals surface area contributed by atoms with Gasteiger partial charge in [0.2, 0.25) is 11.8 Å². The van der Waals surface area contributed by atoms with Crippen molar-refractivity contribution in [3.05, 3.63) is 0 Å². The molecule has 1 fully saturated rings. The van der Waals surface area contributed by atoms with Crippen LogP contribution in [-0.4, -0.2) is 80.8 Å². The molecule has 12 nitrogen and oxygen atoms in total. The first kappa shape index (κ1) is 25.7. The second-order valence-electron chi connectivity index (χ2n) is 6.96. The van der Waals surface area contributed by atoms with Crippen LogP contribution in [0.25, 0.3) is 0 Å². The molecule has 30 heavy (non-hydrogen) atoms. The van der Waals surface area contributed by atoms with Gasteiger partial charge in [-0.25, -0.2) is 0 Å². The number of rotatable bonds is 11. The van der Waals surface area contributed by atoms with E-state index < -0.39 is 47.6 Å². The zero-order valence-electron chi connectivity index (χ0n) is 16.3. The Morgan fingerprint density at radius 1 is 1.07 bits per heavy atom. The maximum atomic E-state index is 12.2. The van der Waals surface area contributed by atoms with E-state index in [4.69, 9.17) is 15.9 Å². The fourth-order valence-corrected chi connectivity index (χ4v) is 3.54. The lowest BCUT2D eigenvalue weighted by Gasteiger charge is -2.26. The Hall–Kier alpha value is -2.38. The number of thioether (sulfide) groups is 1. The normalized spacial score (nSPS) is 20.5. The van der Waals surface area contributed by atoms with E-state index in [2.05, 4.69) is 16.0 Å². The summed E-state index contributed by atoms with van der Waals surface area (Å²) in [4.78, 5) is 57.7. The van der Waals surface area contributed by atoms with E-state index >= 15 is 0 Å². The zero-order valence-corrected chi connectivity index (χ0v) is 17.2. The van der Waals surface area contributed by atoms with Gasteiger partial charge in [-0.3, -0.25) is 24.0 Å². The first-order valence-corrected chi connectivity index (χ1v) is 10.5. The Balaban J connectivity index is 2.56. The summed E-state index contributed by atoms with van der Waals surface area (Å²) in [6.45, 7) is -0.656. The highest BCUT2D eigenvalue weighted by Gasteiger charge is 2.25. The van der Waals surface area contributed by atoms with Crippen molar-refractivity contribution < 1.29 is 39.3 Å². The molecule has 0 radical (unpaired) electrons. The van der Waals surface area contributed by atoms with E-state index in [1.807, 2.05) is 0 Å². The summed E-state index contributed by atoms with van der Waals surface area (Å²) in [6.07, 6.45) is 1.68. The van der Waals surface area contributed by atoms with E-state index in [1.54, 1.807) is 0 Å². The van der Waals surface area contributed by atoms with Gasteiger partial charge < -0.3 is 37.0 Å². The number of hydrogen-bond donors (Lipinski definition) is 7. The third-order valence-electron chi connectivity index (χ3n) is 4.46. The predicted molar refractivity (Wildman–Crippen MR) is 107 cm³/mol. The van der Waals surface area contributed by atoms with Crippen molar-refractivity contribution in [1.29, 1.82) is 0 Å². The Kier molecular flexibility index (Phi) is 11.1. The van der Waals surface area contributed by atoms with Crippen LogP contribution in [-0.2, 0) is 19.2 Å². The average molecular weight is 448 g/mol. The minimum Gasteiger partial charge on any atom is -0.480 e. The molecule has 0 saturated heterocycles. The molecule has 0 spiro atoms. The Morgan fingerprint density at radius 3 is 2.27 bits per heavy atom. The predicted octanol–water partition coefficient (Wildman–Crippen LogP) is -1.39. The first-order chi connectivity index (χ1) is 14.1. The second-order valence-corrected chi connectivity index (χ2v) is 7.96. The van der Waals surface area contributed by atoms with Crippen LogP contribution in [0.5, 0.6) is 0 Å². The molecule has 13 heteroatoms. The molecule has 0 unspecified atom stereocenters. The molecule has 0 heterocycles. The molecule has 0 bridgehead atoms. The van der Waals surface area contributed by atoms with Crippen LogP contribution in [0.2, 0.25) is 0 Å². The highest BCUT2D eigenvalue weighted by atomic mass is 32.2. The smallest absolute Gasteiger partial charge is 0.322 e. The summed E-state index contributed by atoms with van der Waals surface area (Å²) in [5.41, 5.74) is 5.34. The number of aliphatic hydroxyl groups excluding tert-OH is 1. The molecule has 1 rings (SSSR count). The maximum Gasteiger partial charge on any atom is 0.322 e. The largest absolute Gasteiger partial charge is 0.480 e. The van der Waals surface area contributed by atoms with Crippen LogP contribution >= 0.6 is 11.8 Å². The van der Waals surface area contributed by atoms with E-state index in [0.717, 1.165) is 11.8 Å². The van der Waals surface area contributed by atoms with Gasteiger partial charge in [0.1, 0.15) is 18.6 Å². The lowest BCUT2D eigenvalue weighted by Crippen LogP contribution is -2.50. The van der Waals surface area contributed by atoms with Crippen molar-refractivity contribution in [3.8, 4) is 0 Å². The molecule has 2 atom stereocenters. The highest BCUT2D eigenvalue weighted by molar-refractivity contribution is 8.13. The molecular weight excluding hydrogens is 420 g/mol. The third kappa shape index (κ3) is 10.4. The SMILES string of the molecule is N[C@@H](CCC(=O)N[C@@H](CSC(=O)NC1CCC(O)CC1)C(=O)NCC(=O)O)C(=O)O. The third-order valence-corrected chi connectivity index (χ3v) is 5.34. The summed E-state index contributed by atoms with van der Waals surface area (Å²) in [5, 5.41) is 33.8. The van der Waals surface area contributed by atoms with Crippen LogP contribution in [0.4, 0.5) is 4.79 Å². The van der Waals surface area contributed by atoms with Gasteiger partial charge in [-0.05, 0) is 32.1 Å². The van der Waals surface area contributed by atoms with Crippen LogP contribution in [0, 0.1) is 0 Å². The van der Waals surface area contributed by atoms with Crippen molar-refractivity contribution >= 4 is 40.8 Å². The number of aliphatic carboxylic acids is 2. The monoisotopic (exact) mass is 448 g/mol. The maximum absolute atomic E-state index is 12.2. The quantitative estimate of drug-likeness (QED) is 0.197. The molecular formula is C17H28N4O8S. The Bertz CT molecular complexity index is 639. The van der Waals surface area contributed by atoms with Gasteiger partial charge in [-0.2, -0.15) is 0 Å². The molecule has 170 valence electrons. The highest BCUT2D eigenvalue weighted by Crippen LogP contribution is 2.19.